The average Bonchev–Trinajstić information content (AvgIpc) is 3.34. The molecule has 1 aliphatic rings. The molecule has 0 N–H and O–H groups in total. The van der Waals surface area contributed by atoms with Gasteiger partial charge < -0.3 is 14.5 Å². The third kappa shape index (κ3) is 6.35. The standard InChI is InChI=1S/C32H36N2O2S/c1-4-23-36-31(35)34-25-30(24-29(34)21-14-22-33(2)3)37-32(26-15-8-5-9-16-26,27-17-10-6-11-18-27)28-19-12-7-13-20-28/h4-21,29-30H,1,22-25H2,2-3H3/b21-14-/t29-,30+/m1/s1. The lowest BCUT2D eigenvalue weighted by molar-refractivity contribution is 0.114. The molecule has 0 aromatic heterocycles. The Kier molecular flexibility index (Phi) is 9.26. The summed E-state index contributed by atoms with van der Waals surface area (Å²) >= 11 is 1.93. The largest absolute Gasteiger partial charge is 0.445 e. The molecule has 1 amide bonds. The van der Waals surface area contributed by atoms with Crippen molar-refractivity contribution in [1.82, 2.24) is 9.80 Å². The number of carbonyl (C=O) groups is 1. The number of amides is 1. The highest BCUT2D eigenvalue weighted by Crippen LogP contribution is 2.52. The van der Waals surface area contributed by atoms with Crippen molar-refractivity contribution >= 4 is 17.9 Å². The van der Waals surface area contributed by atoms with Crippen molar-refractivity contribution in [1.29, 1.82) is 0 Å². The first kappa shape index (κ1) is 26.8. The number of likely N-dealkylation sites (tertiary alicyclic amines) is 1. The van der Waals surface area contributed by atoms with Crippen LogP contribution in [-0.2, 0) is 9.48 Å². The van der Waals surface area contributed by atoms with E-state index in [9.17, 15) is 4.79 Å². The number of ether oxygens (including phenoxy) is 1. The zero-order valence-electron chi connectivity index (χ0n) is 21.7. The van der Waals surface area contributed by atoms with Crippen molar-refractivity contribution in [2.75, 3.05) is 33.8 Å². The predicted molar refractivity (Wildman–Crippen MR) is 155 cm³/mol. The normalized spacial score (nSPS) is 17.9. The molecule has 0 spiro atoms. The Morgan fingerprint density at radius 1 is 0.973 bits per heavy atom. The maximum Gasteiger partial charge on any atom is 0.410 e. The maximum atomic E-state index is 13.0. The molecule has 1 fully saturated rings. The van der Waals surface area contributed by atoms with E-state index in [-0.39, 0.29) is 24.0 Å². The summed E-state index contributed by atoms with van der Waals surface area (Å²) in [5.41, 5.74) is 3.68. The molecule has 1 heterocycles. The smallest absolute Gasteiger partial charge is 0.410 e. The van der Waals surface area contributed by atoms with Crippen molar-refractivity contribution in [3.8, 4) is 0 Å². The van der Waals surface area contributed by atoms with Crippen LogP contribution in [0.1, 0.15) is 23.1 Å². The van der Waals surface area contributed by atoms with Gasteiger partial charge in [-0.05, 0) is 37.2 Å². The molecule has 3 aromatic carbocycles. The Morgan fingerprint density at radius 3 is 1.95 bits per heavy atom. The van der Waals surface area contributed by atoms with Crippen molar-refractivity contribution in [2.24, 2.45) is 0 Å². The average molecular weight is 513 g/mol. The third-order valence-corrected chi connectivity index (χ3v) is 8.31. The van der Waals surface area contributed by atoms with Crippen LogP contribution >= 0.6 is 11.8 Å². The van der Waals surface area contributed by atoms with E-state index in [2.05, 4.69) is 115 Å². The predicted octanol–water partition coefficient (Wildman–Crippen LogP) is 6.60. The van der Waals surface area contributed by atoms with E-state index >= 15 is 0 Å². The van der Waals surface area contributed by atoms with Gasteiger partial charge in [-0.1, -0.05) is 116 Å². The fourth-order valence-electron chi connectivity index (χ4n) is 4.92. The fourth-order valence-corrected chi connectivity index (χ4v) is 6.76. The van der Waals surface area contributed by atoms with Crippen LogP contribution in [0.5, 0.6) is 0 Å². The first-order chi connectivity index (χ1) is 18.0. The summed E-state index contributed by atoms with van der Waals surface area (Å²) in [6, 6.07) is 32.1. The number of rotatable bonds is 10. The zero-order valence-corrected chi connectivity index (χ0v) is 22.5. The van der Waals surface area contributed by atoms with Crippen LogP contribution in [0.15, 0.2) is 116 Å². The first-order valence-electron chi connectivity index (χ1n) is 12.7. The van der Waals surface area contributed by atoms with Crippen LogP contribution in [-0.4, -0.2) is 61.0 Å². The molecule has 192 valence electrons. The minimum atomic E-state index is -0.423. The maximum absolute atomic E-state index is 13.0. The summed E-state index contributed by atoms with van der Waals surface area (Å²) in [6.45, 7) is 5.35. The molecule has 1 saturated heterocycles. The molecule has 0 radical (unpaired) electrons. The Hall–Kier alpha value is -3.28. The second kappa shape index (κ2) is 12.8. The first-order valence-corrected chi connectivity index (χ1v) is 13.6. The molecule has 4 rings (SSSR count). The Balaban J connectivity index is 1.74. The monoisotopic (exact) mass is 512 g/mol. The van der Waals surface area contributed by atoms with Gasteiger partial charge in [0.05, 0.1) is 10.8 Å². The lowest BCUT2D eigenvalue weighted by atomic mass is 9.84. The molecule has 1 aliphatic heterocycles. The number of carbonyl (C=O) groups excluding carboxylic acids is 1. The van der Waals surface area contributed by atoms with Gasteiger partial charge in [0.1, 0.15) is 6.61 Å². The summed E-state index contributed by atoms with van der Waals surface area (Å²) in [5.74, 6) is 0. The summed E-state index contributed by atoms with van der Waals surface area (Å²) in [4.78, 5) is 17.0. The number of nitrogens with zero attached hydrogens (tertiary/aromatic N) is 2. The van der Waals surface area contributed by atoms with Gasteiger partial charge in [0.15, 0.2) is 0 Å². The van der Waals surface area contributed by atoms with Crippen molar-refractivity contribution in [3.05, 3.63) is 132 Å². The highest BCUT2D eigenvalue weighted by molar-refractivity contribution is 8.01. The summed E-state index contributed by atoms with van der Waals surface area (Å²) in [6.07, 6.45) is 6.48. The molecule has 2 atom stereocenters. The van der Waals surface area contributed by atoms with Crippen LogP contribution in [0.3, 0.4) is 0 Å². The number of hydrogen-bond donors (Lipinski definition) is 0. The van der Waals surface area contributed by atoms with Gasteiger partial charge in [0, 0.05) is 18.3 Å². The SMILES string of the molecule is C=CCOC(=O)N1C[C@@H](SC(c2ccccc2)(c2ccccc2)c2ccccc2)C[C@H]1/C=C\CN(C)C. The second-order valence-electron chi connectivity index (χ2n) is 9.53. The van der Waals surface area contributed by atoms with Crippen LogP contribution in [0.4, 0.5) is 4.79 Å². The van der Waals surface area contributed by atoms with E-state index in [1.54, 1.807) is 6.08 Å². The molecule has 5 heteroatoms. The molecule has 37 heavy (non-hydrogen) atoms. The number of benzene rings is 3. The van der Waals surface area contributed by atoms with E-state index in [1.807, 2.05) is 30.8 Å². The molecule has 0 unspecified atom stereocenters. The van der Waals surface area contributed by atoms with Crippen LogP contribution in [0.2, 0.25) is 0 Å². The molecule has 3 aromatic rings. The zero-order chi connectivity index (χ0) is 26.1. The summed E-state index contributed by atoms with van der Waals surface area (Å²) < 4.78 is 5.06. The highest BCUT2D eigenvalue weighted by atomic mass is 32.2. The van der Waals surface area contributed by atoms with Crippen LogP contribution < -0.4 is 0 Å². The summed E-state index contributed by atoms with van der Waals surface area (Å²) in [7, 11) is 4.09. The van der Waals surface area contributed by atoms with Gasteiger partial charge in [-0.2, -0.15) is 0 Å². The lowest BCUT2D eigenvalue weighted by Crippen LogP contribution is -2.36. The van der Waals surface area contributed by atoms with Crippen molar-refractivity contribution < 1.29 is 9.53 Å². The van der Waals surface area contributed by atoms with Gasteiger partial charge >= 0.3 is 6.09 Å². The number of thioether (sulfide) groups is 1. The van der Waals surface area contributed by atoms with E-state index in [1.165, 1.54) is 16.7 Å². The lowest BCUT2D eigenvalue weighted by Gasteiger charge is -2.37. The summed E-state index contributed by atoms with van der Waals surface area (Å²) in [5, 5.41) is 0.200. The minimum absolute atomic E-state index is 0.0187. The number of hydrogen-bond acceptors (Lipinski definition) is 4. The van der Waals surface area contributed by atoms with E-state index in [0.717, 1.165) is 13.0 Å². The van der Waals surface area contributed by atoms with Crippen LogP contribution in [0.25, 0.3) is 0 Å². The molecule has 4 nitrogen and oxygen atoms in total. The topological polar surface area (TPSA) is 32.8 Å². The van der Waals surface area contributed by atoms with Crippen molar-refractivity contribution in [3.63, 3.8) is 0 Å². The highest BCUT2D eigenvalue weighted by Gasteiger charge is 2.44. The fraction of sp³-hybridized carbons (Fsp3) is 0.281. The van der Waals surface area contributed by atoms with Gasteiger partial charge in [0.2, 0.25) is 0 Å². The van der Waals surface area contributed by atoms with Gasteiger partial charge in [-0.3, -0.25) is 0 Å². The van der Waals surface area contributed by atoms with E-state index in [0.29, 0.717) is 6.54 Å². The number of likely N-dealkylation sites (N-methyl/N-ethyl adjacent to an activating group) is 1. The molecular formula is C32H36N2O2S. The Labute approximate surface area is 225 Å². The Bertz CT molecular complexity index is 1070. The Morgan fingerprint density at radius 2 is 1.49 bits per heavy atom. The van der Waals surface area contributed by atoms with Gasteiger partial charge in [0.25, 0.3) is 0 Å². The third-order valence-electron chi connectivity index (χ3n) is 6.58. The van der Waals surface area contributed by atoms with E-state index in [4.69, 9.17) is 4.74 Å². The van der Waals surface area contributed by atoms with E-state index < -0.39 is 4.75 Å². The minimum Gasteiger partial charge on any atom is -0.445 e. The molecule has 0 bridgehead atoms. The van der Waals surface area contributed by atoms with Gasteiger partial charge in [-0.15, -0.1) is 11.8 Å². The second-order valence-corrected chi connectivity index (χ2v) is 11.0. The van der Waals surface area contributed by atoms with Crippen molar-refractivity contribution in [2.45, 2.75) is 22.5 Å². The van der Waals surface area contributed by atoms with Crippen LogP contribution in [0, 0.1) is 0 Å². The molecule has 0 saturated carbocycles. The molecular weight excluding hydrogens is 476 g/mol. The van der Waals surface area contributed by atoms with Gasteiger partial charge in [-0.25, -0.2) is 4.79 Å². The quantitative estimate of drug-likeness (QED) is 0.226. The molecule has 0 aliphatic carbocycles.